The van der Waals surface area contributed by atoms with E-state index in [1.807, 2.05) is 33.1 Å². The first-order valence-electron chi connectivity index (χ1n) is 17.9. The highest BCUT2D eigenvalue weighted by atomic mass is 35.5. The quantitative estimate of drug-likeness (QED) is 0.169. The van der Waals surface area contributed by atoms with E-state index in [1.165, 1.54) is 24.0 Å². The number of hydrogen-bond donors (Lipinski definition) is 2. The molecular weight excluding hydrogens is 758 g/mol. The van der Waals surface area contributed by atoms with Crippen LogP contribution in [0.4, 0.5) is 10.5 Å². The number of nitrogens with zero attached hydrogens (tertiary/aromatic N) is 2. The zero-order valence-electron chi connectivity index (χ0n) is 32.7. The van der Waals surface area contributed by atoms with Crippen LogP contribution < -0.4 is 15.0 Å². The Morgan fingerprint density at radius 2 is 1.94 bits per heavy atom. The maximum Gasteiger partial charge on any atom is 0.409 e. The molecule has 3 aliphatic rings. The average molecular weight is 812 g/mol. The van der Waals surface area contributed by atoms with Crippen LogP contribution in [0.1, 0.15) is 65.9 Å². The van der Waals surface area contributed by atoms with Gasteiger partial charge in [0.15, 0.2) is 5.72 Å². The van der Waals surface area contributed by atoms with E-state index in [0.29, 0.717) is 24.3 Å². The summed E-state index contributed by atoms with van der Waals surface area (Å²) in [6.07, 6.45) is 3.89. The van der Waals surface area contributed by atoms with Crippen molar-refractivity contribution in [1.82, 2.24) is 10.2 Å². The van der Waals surface area contributed by atoms with Gasteiger partial charge in [-0.1, -0.05) is 70.8 Å². The number of esters is 1. The summed E-state index contributed by atoms with van der Waals surface area (Å²) < 4.78 is 29.3. The molecule has 3 heterocycles. The number of ether oxygens (including phenoxy) is 5. The second-order valence-electron chi connectivity index (χ2n) is 14.5. The van der Waals surface area contributed by atoms with E-state index >= 15 is 0 Å². The number of anilines is 1. The molecule has 54 heavy (non-hydrogen) atoms. The minimum Gasteiger partial charge on any atom is -0.495 e. The van der Waals surface area contributed by atoms with Crippen molar-refractivity contribution in [2.75, 3.05) is 39.5 Å². The Kier molecular flexibility index (Phi) is 14.9. The molecule has 0 aliphatic carbocycles. The number of rotatable bonds is 10. The van der Waals surface area contributed by atoms with Gasteiger partial charge in [-0.3, -0.25) is 14.9 Å². The fraction of sp³-hybridized carbons (Fsp3) is 0.632. The highest BCUT2D eigenvalue weighted by Gasteiger charge is 2.64. The van der Waals surface area contributed by atoms with Crippen LogP contribution in [0.3, 0.4) is 0 Å². The molecule has 0 radical (unpaired) electrons. The molecule has 16 heteroatoms. The first-order chi connectivity index (χ1) is 25.4. The van der Waals surface area contributed by atoms with Gasteiger partial charge >= 0.3 is 12.1 Å². The van der Waals surface area contributed by atoms with Crippen molar-refractivity contribution in [3.8, 4) is 5.75 Å². The van der Waals surface area contributed by atoms with E-state index in [0.717, 1.165) is 11.1 Å². The minimum absolute atomic E-state index is 0.0460. The minimum atomic E-state index is -1.82. The largest absolute Gasteiger partial charge is 0.495 e. The van der Waals surface area contributed by atoms with Crippen LogP contribution in [0.25, 0.3) is 0 Å². The highest BCUT2D eigenvalue weighted by molar-refractivity contribution is 8.76. The van der Waals surface area contributed by atoms with Gasteiger partial charge in [-0.2, -0.15) is 0 Å². The zero-order chi connectivity index (χ0) is 40.1. The number of aliphatic hydroxyl groups is 1. The van der Waals surface area contributed by atoms with Crippen LogP contribution in [0.2, 0.25) is 5.02 Å². The summed E-state index contributed by atoms with van der Waals surface area (Å²) in [5.41, 5.74) is -0.890. The van der Waals surface area contributed by atoms with Crippen molar-refractivity contribution >= 4 is 62.8 Å². The molecular formula is C38H54ClN3O10S2. The number of hydrogen-bond acceptors (Lipinski definition) is 12. The van der Waals surface area contributed by atoms with Gasteiger partial charge in [-0.25, -0.2) is 9.59 Å². The number of amides is 3. The highest BCUT2D eigenvalue weighted by Crippen LogP contribution is 2.49. The van der Waals surface area contributed by atoms with Crippen molar-refractivity contribution in [3.05, 3.63) is 46.5 Å². The van der Waals surface area contributed by atoms with E-state index in [2.05, 4.69) is 5.32 Å². The zero-order valence-corrected chi connectivity index (χ0v) is 35.1. The fourth-order valence-corrected chi connectivity index (χ4v) is 9.06. The summed E-state index contributed by atoms with van der Waals surface area (Å²) in [6.45, 7) is 9.09. The summed E-state index contributed by atoms with van der Waals surface area (Å²) in [5, 5.41) is 14.8. The summed E-state index contributed by atoms with van der Waals surface area (Å²) in [7, 11) is 9.38. The van der Waals surface area contributed by atoms with Crippen LogP contribution in [-0.2, 0) is 39.8 Å². The third-order valence-corrected chi connectivity index (χ3v) is 13.2. The van der Waals surface area contributed by atoms with E-state index in [4.69, 9.17) is 35.3 Å². The van der Waals surface area contributed by atoms with Crippen LogP contribution in [-0.4, -0.2) is 115 Å². The number of methoxy groups -OCH3 is 2. The Hall–Kier alpha value is -2.95. The van der Waals surface area contributed by atoms with E-state index < -0.39 is 65.7 Å². The molecule has 3 amide bonds. The number of benzene rings is 1. The third kappa shape index (κ3) is 10.1. The van der Waals surface area contributed by atoms with Crippen molar-refractivity contribution in [2.24, 2.45) is 5.92 Å². The van der Waals surface area contributed by atoms with Gasteiger partial charge in [0.05, 0.1) is 25.3 Å². The summed E-state index contributed by atoms with van der Waals surface area (Å²) in [5.74, 6) is -1.48. The number of halogens is 1. The van der Waals surface area contributed by atoms with Crippen LogP contribution in [0, 0.1) is 5.92 Å². The number of nitrogens with one attached hydrogen (secondary N) is 1. The van der Waals surface area contributed by atoms with Gasteiger partial charge in [0, 0.05) is 45.2 Å². The third-order valence-electron chi connectivity index (χ3n) is 10.5. The van der Waals surface area contributed by atoms with Crippen molar-refractivity contribution in [3.63, 3.8) is 0 Å². The molecule has 4 bridgehead atoms. The SMILES string of the molecule is COc1cc2cc(c1Cl)N(C)C(=O)C[C@H](OC(=O)[C@@H](C)N(C)C(=O)CC[C@H](C)SSC)[C@]1(C)O[C@H]1[C@H](C)[C@@H]1C[C@@](O)(NC(=O)O1)[C@H](OC)/C=C/C=C(/C)C2. The molecule has 0 saturated carbocycles. The Morgan fingerprint density at radius 1 is 1.24 bits per heavy atom. The average Bonchev–Trinajstić information content (AvgIpc) is 3.82. The van der Waals surface area contributed by atoms with Crippen molar-refractivity contribution < 1.29 is 48.0 Å². The Labute approximate surface area is 331 Å². The molecule has 1 aromatic carbocycles. The molecule has 300 valence electrons. The molecule has 0 unspecified atom stereocenters. The lowest BCUT2D eigenvalue weighted by Crippen LogP contribution is -2.63. The lowest BCUT2D eigenvalue weighted by Gasteiger charge is -2.42. The van der Waals surface area contributed by atoms with E-state index in [1.54, 1.807) is 73.8 Å². The Morgan fingerprint density at radius 3 is 2.59 bits per heavy atom. The fourth-order valence-electron chi connectivity index (χ4n) is 6.93. The Bertz CT molecular complexity index is 1630. The van der Waals surface area contributed by atoms with Gasteiger partial charge in [0.2, 0.25) is 11.8 Å². The van der Waals surface area contributed by atoms with E-state index in [-0.39, 0.29) is 35.4 Å². The van der Waals surface area contributed by atoms with Crippen LogP contribution in [0.5, 0.6) is 5.75 Å². The summed E-state index contributed by atoms with van der Waals surface area (Å²) in [4.78, 5) is 56.7. The van der Waals surface area contributed by atoms with Gasteiger partial charge in [-0.15, -0.1) is 0 Å². The molecule has 2 fully saturated rings. The number of carbonyl (C=O) groups excluding carboxylic acids is 4. The molecule has 4 rings (SSSR count). The number of likely N-dealkylation sites (N-methyl/N-ethyl adjacent to an activating group) is 1. The molecule has 0 spiro atoms. The molecule has 13 nitrogen and oxygen atoms in total. The summed E-state index contributed by atoms with van der Waals surface area (Å²) in [6, 6.07) is 2.63. The molecule has 3 aliphatic heterocycles. The van der Waals surface area contributed by atoms with Crippen LogP contribution >= 0.6 is 33.2 Å². The molecule has 0 aromatic heterocycles. The Balaban J connectivity index is 1.72. The predicted molar refractivity (Wildman–Crippen MR) is 211 cm³/mol. The predicted octanol–water partition coefficient (Wildman–Crippen LogP) is 5.69. The van der Waals surface area contributed by atoms with Crippen LogP contribution in [0.15, 0.2) is 35.9 Å². The lowest BCUT2D eigenvalue weighted by atomic mass is 9.83. The molecule has 2 saturated heterocycles. The number of carbonyl (C=O) groups is 4. The second kappa shape index (κ2) is 18.3. The normalized spacial score (nSPS) is 31.4. The molecule has 1 aromatic rings. The molecule has 2 N–H and O–H groups in total. The van der Waals surface area contributed by atoms with Gasteiger partial charge in [-0.05, 0) is 57.6 Å². The number of fused-ring (bicyclic) bond motifs is 5. The van der Waals surface area contributed by atoms with E-state index in [9.17, 15) is 24.3 Å². The second-order valence-corrected chi connectivity index (χ2v) is 17.8. The van der Waals surface area contributed by atoms with Crippen molar-refractivity contribution in [1.29, 1.82) is 0 Å². The number of epoxide rings is 1. The van der Waals surface area contributed by atoms with Gasteiger partial charge in [0.25, 0.3) is 0 Å². The number of alkyl carbamates (subject to hydrolysis) is 1. The standard InChI is InChI=1S/C38H54ClN3O10S2/c1-21-12-11-13-29(49-9)38(47)20-28(50-36(46)40-38)23(3)34-37(5,52-34)30(51-35(45)24(4)41(6)31(43)15-14-22(2)54-53-10)19-32(44)42(7)26-17-25(16-21)18-27(48-8)33(26)39/h11-13,17-18,22-24,28-30,34,47H,14-16,19-20H2,1-10H3,(H,40,46)/b13-11+,21-12-/t22-,23+,24+,28-,29+,30-,34-,37-,38-/m0/s1. The smallest absolute Gasteiger partial charge is 0.409 e. The maximum atomic E-state index is 14.2. The number of allylic oxidation sites excluding steroid dienone is 3. The topological polar surface area (TPSA) is 156 Å². The van der Waals surface area contributed by atoms with Gasteiger partial charge in [0.1, 0.15) is 40.7 Å². The monoisotopic (exact) mass is 811 g/mol. The molecule has 9 atom stereocenters. The maximum absolute atomic E-state index is 14.2. The first-order valence-corrected chi connectivity index (χ1v) is 20.9. The first kappa shape index (κ1) is 43.8. The lowest BCUT2D eigenvalue weighted by molar-refractivity contribution is -0.162. The summed E-state index contributed by atoms with van der Waals surface area (Å²) >= 11 is 6.77. The van der Waals surface area contributed by atoms with Crippen molar-refractivity contribution in [2.45, 2.75) is 114 Å². The van der Waals surface area contributed by atoms with Gasteiger partial charge < -0.3 is 38.6 Å².